The minimum atomic E-state index is -3.45. The van der Waals surface area contributed by atoms with Crippen molar-refractivity contribution in [1.29, 1.82) is 0 Å². The fourth-order valence-electron chi connectivity index (χ4n) is 4.89. The molecule has 154 valence electrons. The van der Waals surface area contributed by atoms with Gasteiger partial charge in [-0.1, -0.05) is 18.9 Å². The molecule has 7 heteroatoms. The summed E-state index contributed by atoms with van der Waals surface area (Å²) in [5, 5.41) is 3.18. The number of piperazine rings is 1. The van der Waals surface area contributed by atoms with E-state index >= 15 is 0 Å². The van der Waals surface area contributed by atoms with Crippen molar-refractivity contribution in [3.63, 3.8) is 0 Å². The molecule has 1 aromatic rings. The highest BCUT2D eigenvalue weighted by molar-refractivity contribution is 7.89. The second-order valence-electron chi connectivity index (χ2n) is 8.56. The van der Waals surface area contributed by atoms with Crippen LogP contribution < -0.4 is 10.2 Å². The first-order valence-electron chi connectivity index (χ1n) is 10.7. The van der Waals surface area contributed by atoms with Gasteiger partial charge < -0.3 is 10.2 Å². The standard InChI is InChI=1S/C21H31N3O3S/c1-16(21(25)22-19-7-2-3-8-19)23-11-13-24(14-12-23)28(26,27)20-10-9-17-5-4-6-18(17)15-20/h9-10,15-16,19H,2-8,11-14H2,1H3,(H,22,25)/p+1/t16-/m0/s1. The van der Waals surface area contributed by atoms with Gasteiger partial charge in [0, 0.05) is 6.04 Å². The van der Waals surface area contributed by atoms with Crippen LogP contribution in [-0.4, -0.2) is 56.9 Å². The first-order chi connectivity index (χ1) is 13.4. The number of sulfonamides is 1. The summed E-state index contributed by atoms with van der Waals surface area (Å²) >= 11 is 0. The highest BCUT2D eigenvalue weighted by atomic mass is 32.2. The molecular formula is C21H32N3O3S+. The van der Waals surface area contributed by atoms with Crippen LogP contribution in [0.1, 0.15) is 50.2 Å². The van der Waals surface area contributed by atoms with Crippen LogP contribution in [0.2, 0.25) is 0 Å². The number of nitrogens with one attached hydrogen (secondary N) is 2. The summed E-state index contributed by atoms with van der Waals surface area (Å²) in [5.74, 6) is 0.108. The van der Waals surface area contributed by atoms with Gasteiger partial charge in [-0.25, -0.2) is 8.42 Å². The SMILES string of the molecule is C[C@@H](C(=O)NC1CCCC1)[NH+]1CCN(S(=O)(=O)c2ccc3c(c2)CCC3)CC1. The van der Waals surface area contributed by atoms with E-state index in [0.29, 0.717) is 37.1 Å². The fraction of sp³-hybridized carbons (Fsp3) is 0.667. The predicted molar refractivity (Wildman–Crippen MR) is 108 cm³/mol. The number of carbonyl (C=O) groups is 1. The van der Waals surface area contributed by atoms with E-state index in [2.05, 4.69) is 5.32 Å². The van der Waals surface area contributed by atoms with E-state index in [0.717, 1.165) is 32.1 Å². The number of rotatable bonds is 5. The van der Waals surface area contributed by atoms with E-state index in [4.69, 9.17) is 0 Å². The van der Waals surface area contributed by atoms with Crippen molar-refractivity contribution in [2.24, 2.45) is 0 Å². The molecule has 4 rings (SSSR count). The first-order valence-corrected chi connectivity index (χ1v) is 12.2. The molecule has 1 aliphatic heterocycles. The lowest BCUT2D eigenvalue weighted by Gasteiger charge is -2.34. The Morgan fingerprint density at radius 1 is 1.11 bits per heavy atom. The first kappa shape index (κ1) is 19.9. The van der Waals surface area contributed by atoms with Crippen LogP contribution in [-0.2, 0) is 27.7 Å². The van der Waals surface area contributed by atoms with E-state index in [-0.39, 0.29) is 11.9 Å². The lowest BCUT2D eigenvalue weighted by Crippen LogP contribution is -3.19. The van der Waals surface area contributed by atoms with E-state index < -0.39 is 10.0 Å². The van der Waals surface area contributed by atoms with Crippen molar-refractivity contribution in [2.45, 2.75) is 68.8 Å². The van der Waals surface area contributed by atoms with Crippen LogP contribution in [0.4, 0.5) is 0 Å². The molecule has 1 atom stereocenters. The summed E-state index contributed by atoms with van der Waals surface area (Å²) in [5.41, 5.74) is 2.47. The minimum Gasteiger partial charge on any atom is -0.348 e. The number of nitrogens with zero attached hydrogens (tertiary/aromatic N) is 1. The largest absolute Gasteiger partial charge is 0.348 e. The van der Waals surface area contributed by atoms with Crippen LogP contribution in [0.5, 0.6) is 0 Å². The van der Waals surface area contributed by atoms with Crippen LogP contribution >= 0.6 is 0 Å². The van der Waals surface area contributed by atoms with Crippen molar-refractivity contribution < 1.29 is 18.1 Å². The smallest absolute Gasteiger partial charge is 0.278 e. The number of carbonyl (C=O) groups excluding carboxylic acids is 1. The van der Waals surface area contributed by atoms with Gasteiger partial charge in [-0.15, -0.1) is 0 Å². The van der Waals surface area contributed by atoms with E-state index in [1.165, 1.54) is 28.9 Å². The van der Waals surface area contributed by atoms with Crippen molar-refractivity contribution in [2.75, 3.05) is 26.2 Å². The summed E-state index contributed by atoms with van der Waals surface area (Å²) in [6.45, 7) is 4.24. The zero-order valence-electron chi connectivity index (χ0n) is 16.7. The van der Waals surface area contributed by atoms with E-state index in [9.17, 15) is 13.2 Å². The number of quaternary nitrogens is 1. The molecule has 0 radical (unpaired) electrons. The van der Waals surface area contributed by atoms with Gasteiger partial charge >= 0.3 is 0 Å². The Labute approximate surface area is 168 Å². The molecule has 2 aliphatic carbocycles. The lowest BCUT2D eigenvalue weighted by molar-refractivity contribution is -0.917. The number of benzene rings is 1. The van der Waals surface area contributed by atoms with Crippen LogP contribution in [0.25, 0.3) is 0 Å². The Balaban J connectivity index is 1.36. The summed E-state index contributed by atoms with van der Waals surface area (Å²) in [4.78, 5) is 14.1. The molecule has 0 unspecified atom stereocenters. The Hall–Kier alpha value is -1.44. The quantitative estimate of drug-likeness (QED) is 0.749. The van der Waals surface area contributed by atoms with Crippen molar-refractivity contribution in [1.82, 2.24) is 9.62 Å². The molecule has 2 fully saturated rings. The third-order valence-electron chi connectivity index (χ3n) is 6.78. The predicted octanol–water partition coefficient (Wildman–Crippen LogP) is 0.512. The zero-order chi connectivity index (χ0) is 19.7. The van der Waals surface area contributed by atoms with Gasteiger partial charge in [0.2, 0.25) is 10.0 Å². The average Bonchev–Trinajstić information content (AvgIpc) is 3.38. The van der Waals surface area contributed by atoms with Gasteiger partial charge in [0.25, 0.3) is 5.91 Å². The normalized spacial score (nSPS) is 22.9. The molecule has 0 spiro atoms. The Bertz CT molecular complexity index is 825. The maximum absolute atomic E-state index is 13.1. The molecule has 28 heavy (non-hydrogen) atoms. The summed E-state index contributed by atoms with van der Waals surface area (Å²) in [6.07, 6.45) is 7.71. The topological polar surface area (TPSA) is 70.9 Å². The van der Waals surface area contributed by atoms with Gasteiger partial charge in [0.05, 0.1) is 31.1 Å². The van der Waals surface area contributed by atoms with Crippen LogP contribution in [0.3, 0.4) is 0 Å². The highest BCUT2D eigenvalue weighted by Gasteiger charge is 2.35. The second-order valence-corrected chi connectivity index (χ2v) is 10.5. The third kappa shape index (κ3) is 3.98. The summed E-state index contributed by atoms with van der Waals surface area (Å²) in [7, 11) is -3.45. The van der Waals surface area contributed by atoms with Gasteiger partial charge in [-0.2, -0.15) is 4.31 Å². The molecule has 0 aromatic heterocycles. The number of hydrogen-bond acceptors (Lipinski definition) is 3. The van der Waals surface area contributed by atoms with Crippen LogP contribution in [0.15, 0.2) is 23.1 Å². The number of aryl methyl sites for hydroxylation is 2. The highest BCUT2D eigenvalue weighted by Crippen LogP contribution is 2.26. The molecule has 1 saturated heterocycles. The fourth-order valence-corrected chi connectivity index (χ4v) is 6.38. The molecule has 3 aliphatic rings. The minimum absolute atomic E-state index is 0.108. The van der Waals surface area contributed by atoms with E-state index in [1.807, 2.05) is 19.1 Å². The number of fused-ring (bicyclic) bond motifs is 1. The number of amides is 1. The average molecular weight is 407 g/mol. The summed E-state index contributed by atoms with van der Waals surface area (Å²) < 4.78 is 27.7. The van der Waals surface area contributed by atoms with Crippen molar-refractivity contribution >= 4 is 15.9 Å². The molecular weight excluding hydrogens is 374 g/mol. The maximum atomic E-state index is 13.1. The van der Waals surface area contributed by atoms with Crippen molar-refractivity contribution in [3.05, 3.63) is 29.3 Å². The monoisotopic (exact) mass is 406 g/mol. The lowest BCUT2D eigenvalue weighted by atomic mass is 10.1. The Kier molecular flexibility index (Phi) is 5.76. The summed E-state index contributed by atoms with van der Waals surface area (Å²) in [6, 6.07) is 5.80. The van der Waals surface area contributed by atoms with E-state index in [1.54, 1.807) is 10.4 Å². The van der Waals surface area contributed by atoms with Gasteiger partial charge in [0.1, 0.15) is 0 Å². The molecule has 0 bridgehead atoms. The number of hydrogen-bond donors (Lipinski definition) is 2. The van der Waals surface area contributed by atoms with Crippen molar-refractivity contribution in [3.8, 4) is 0 Å². The molecule has 6 nitrogen and oxygen atoms in total. The third-order valence-corrected chi connectivity index (χ3v) is 8.67. The van der Waals surface area contributed by atoms with Crippen LogP contribution in [0, 0.1) is 0 Å². The molecule has 1 aromatic carbocycles. The van der Waals surface area contributed by atoms with Gasteiger partial charge in [-0.3, -0.25) is 4.79 Å². The Morgan fingerprint density at radius 2 is 1.79 bits per heavy atom. The second kappa shape index (κ2) is 8.13. The molecule has 1 heterocycles. The van der Waals surface area contributed by atoms with Gasteiger partial charge in [0.15, 0.2) is 6.04 Å². The zero-order valence-corrected chi connectivity index (χ0v) is 17.6. The molecule has 2 N–H and O–H groups in total. The maximum Gasteiger partial charge on any atom is 0.278 e. The molecule has 1 amide bonds. The molecule has 1 saturated carbocycles. The van der Waals surface area contributed by atoms with Gasteiger partial charge in [-0.05, 0) is 62.3 Å². The Morgan fingerprint density at radius 3 is 2.50 bits per heavy atom.